The zero-order chi connectivity index (χ0) is 13.3. The lowest BCUT2D eigenvalue weighted by Gasteiger charge is -2.54. The fourth-order valence-corrected chi connectivity index (χ4v) is 6.11. The third-order valence-corrected chi connectivity index (χ3v) is 6.68. The van der Waals surface area contributed by atoms with Crippen molar-refractivity contribution in [1.29, 1.82) is 0 Å². The zero-order valence-electron chi connectivity index (χ0n) is 12.2. The van der Waals surface area contributed by atoms with Crippen molar-refractivity contribution in [2.24, 2.45) is 29.4 Å². The summed E-state index contributed by atoms with van der Waals surface area (Å²) >= 11 is 0. The number of rotatable bonds is 1. The Labute approximate surface area is 120 Å². The van der Waals surface area contributed by atoms with E-state index in [-0.39, 0.29) is 0 Å². The van der Waals surface area contributed by atoms with Crippen LogP contribution in [0.1, 0.15) is 56.0 Å². The van der Waals surface area contributed by atoms with Crippen LogP contribution in [0.4, 0.5) is 0 Å². The molecule has 1 aliphatic heterocycles. The molecule has 0 amide bonds. The Morgan fingerprint density at radius 1 is 1.05 bits per heavy atom. The van der Waals surface area contributed by atoms with E-state index in [1.54, 1.807) is 0 Å². The molecule has 108 valence electrons. The predicted molar refractivity (Wildman–Crippen MR) is 78.3 cm³/mol. The lowest BCUT2D eigenvalue weighted by atomic mass is 9.51. The highest BCUT2D eigenvalue weighted by Crippen LogP contribution is 2.59. The fraction of sp³-hybridized carbons (Fsp3) is 0.824. The maximum absolute atomic E-state index is 6.20. The minimum Gasteiger partial charge on any atom is -0.330 e. The molecule has 1 aromatic rings. The Morgan fingerprint density at radius 3 is 2.45 bits per heavy atom. The Kier molecular flexibility index (Phi) is 2.41. The van der Waals surface area contributed by atoms with Crippen LogP contribution < -0.4 is 5.73 Å². The second-order valence-corrected chi connectivity index (χ2v) is 7.97. The summed E-state index contributed by atoms with van der Waals surface area (Å²) in [6, 6.07) is 0.340. The Bertz CT molecular complexity index is 504. The number of aryl methyl sites for hydroxylation is 1. The maximum Gasteiger partial charge on any atom is 0.112 e. The van der Waals surface area contributed by atoms with Gasteiger partial charge in [0, 0.05) is 30.4 Å². The molecule has 3 heteroatoms. The van der Waals surface area contributed by atoms with E-state index in [1.165, 1.54) is 43.6 Å². The van der Waals surface area contributed by atoms with Gasteiger partial charge < -0.3 is 10.3 Å². The number of nitrogens with two attached hydrogens (primary N) is 1. The first-order valence-corrected chi connectivity index (χ1v) is 8.58. The van der Waals surface area contributed by atoms with Gasteiger partial charge in [-0.1, -0.05) is 0 Å². The predicted octanol–water partition coefficient (Wildman–Crippen LogP) is 2.70. The molecule has 1 unspecified atom stereocenters. The van der Waals surface area contributed by atoms with E-state index in [9.17, 15) is 0 Å². The fourth-order valence-electron chi connectivity index (χ4n) is 6.11. The summed E-state index contributed by atoms with van der Waals surface area (Å²) in [5, 5.41) is 0. The molecule has 1 aromatic heterocycles. The van der Waals surface area contributed by atoms with Gasteiger partial charge in [0.25, 0.3) is 0 Å². The summed E-state index contributed by atoms with van der Waals surface area (Å²) in [6.45, 7) is 1.01. The van der Waals surface area contributed by atoms with E-state index >= 15 is 0 Å². The van der Waals surface area contributed by atoms with Crippen molar-refractivity contribution in [3.05, 3.63) is 17.7 Å². The number of nitrogens with zero attached hydrogens (tertiary/aromatic N) is 2. The minimum absolute atomic E-state index is 0.340. The molecule has 4 saturated carbocycles. The molecule has 0 radical (unpaired) electrons. The van der Waals surface area contributed by atoms with Crippen LogP contribution in [0.3, 0.4) is 0 Å². The van der Waals surface area contributed by atoms with Crippen molar-refractivity contribution in [3.63, 3.8) is 0 Å². The normalized spacial score (nSPS) is 45.6. The van der Waals surface area contributed by atoms with E-state index in [0.717, 1.165) is 49.0 Å². The Hall–Kier alpha value is -0.830. The van der Waals surface area contributed by atoms with Gasteiger partial charge in [-0.25, -0.2) is 4.98 Å². The van der Waals surface area contributed by atoms with Crippen molar-refractivity contribution >= 4 is 0 Å². The van der Waals surface area contributed by atoms with Crippen LogP contribution in [-0.2, 0) is 13.0 Å². The van der Waals surface area contributed by atoms with E-state index in [0.29, 0.717) is 6.04 Å². The average molecular weight is 271 g/mol. The van der Waals surface area contributed by atoms with Gasteiger partial charge in [-0.15, -0.1) is 0 Å². The molecule has 20 heavy (non-hydrogen) atoms. The van der Waals surface area contributed by atoms with Crippen molar-refractivity contribution < 1.29 is 0 Å². The van der Waals surface area contributed by atoms with Gasteiger partial charge in [0.05, 0.1) is 0 Å². The number of fused-ring (bicyclic) bond motifs is 1. The third-order valence-electron chi connectivity index (χ3n) is 6.68. The van der Waals surface area contributed by atoms with Crippen molar-refractivity contribution in [3.8, 4) is 0 Å². The number of hydrogen-bond donors (Lipinski definition) is 1. The monoisotopic (exact) mass is 271 g/mol. The van der Waals surface area contributed by atoms with Gasteiger partial charge in [-0.05, 0) is 68.6 Å². The molecular weight excluding hydrogens is 246 g/mol. The van der Waals surface area contributed by atoms with E-state index in [4.69, 9.17) is 10.7 Å². The highest BCUT2D eigenvalue weighted by Gasteiger charge is 2.50. The quantitative estimate of drug-likeness (QED) is 0.853. The van der Waals surface area contributed by atoms with Gasteiger partial charge in [-0.3, -0.25) is 0 Å². The van der Waals surface area contributed by atoms with Gasteiger partial charge in [-0.2, -0.15) is 0 Å². The van der Waals surface area contributed by atoms with E-state index < -0.39 is 0 Å². The highest BCUT2D eigenvalue weighted by atomic mass is 15.1. The van der Waals surface area contributed by atoms with Crippen LogP contribution >= 0.6 is 0 Å². The van der Waals surface area contributed by atoms with Crippen LogP contribution in [-0.4, -0.2) is 15.6 Å². The molecular formula is C17H25N3. The van der Waals surface area contributed by atoms with Gasteiger partial charge in [0.15, 0.2) is 0 Å². The standard InChI is InChI=1S/C17H25N3/c18-14-1-2-15-8-19-17(20(15)9-14)16-12-4-10-3-11(6-12)7-13(16)5-10/h8,10-14,16H,1-7,9,18H2. The maximum atomic E-state index is 6.20. The van der Waals surface area contributed by atoms with Crippen LogP contribution in [0.25, 0.3) is 0 Å². The number of imidazole rings is 1. The molecule has 4 aliphatic carbocycles. The first kappa shape index (κ1) is 11.8. The molecule has 0 saturated heterocycles. The molecule has 5 aliphatic rings. The topological polar surface area (TPSA) is 43.8 Å². The molecule has 6 rings (SSSR count). The number of aromatic nitrogens is 2. The molecule has 3 nitrogen and oxygen atoms in total. The Balaban J connectivity index is 1.53. The number of hydrogen-bond acceptors (Lipinski definition) is 2. The molecule has 2 N–H and O–H groups in total. The van der Waals surface area contributed by atoms with Crippen molar-refractivity contribution in [2.75, 3.05) is 0 Å². The summed E-state index contributed by atoms with van der Waals surface area (Å²) in [4.78, 5) is 4.89. The zero-order valence-corrected chi connectivity index (χ0v) is 12.2. The molecule has 2 heterocycles. The van der Waals surface area contributed by atoms with Crippen LogP contribution in [0.2, 0.25) is 0 Å². The molecule has 1 atom stereocenters. The smallest absolute Gasteiger partial charge is 0.112 e. The molecule has 0 spiro atoms. The summed E-state index contributed by atoms with van der Waals surface area (Å²) in [5.41, 5.74) is 7.64. The average Bonchev–Trinajstić information content (AvgIpc) is 2.81. The van der Waals surface area contributed by atoms with Crippen LogP contribution in [0, 0.1) is 23.7 Å². The minimum atomic E-state index is 0.340. The van der Waals surface area contributed by atoms with Gasteiger partial charge in [0.2, 0.25) is 0 Å². The van der Waals surface area contributed by atoms with Crippen LogP contribution in [0.5, 0.6) is 0 Å². The van der Waals surface area contributed by atoms with Crippen molar-refractivity contribution in [1.82, 2.24) is 9.55 Å². The third kappa shape index (κ3) is 1.59. The summed E-state index contributed by atoms with van der Waals surface area (Å²) in [7, 11) is 0. The van der Waals surface area contributed by atoms with Gasteiger partial charge in [0.1, 0.15) is 5.82 Å². The second-order valence-electron chi connectivity index (χ2n) is 7.97. The second kappa shape index (κ2) is 4.09. The van der Waals surface area contributed by atoms with E-state index in [1.807, 2.05) is 0 Å². The lowest BCUT2D eigenvalue weighted by molar-refractivity contribution is -0.00702. The molecule has 4 fully saturated rings. The highest BCUT2D eigenvalue weighted by molar-refractivity contribution is 5.18. The van der Waals surface area contributed by atoms with Crippen LogP contribution in [0.15, 0.2) is 6.20 Å². The Morgan fingerprint density at radius 2 is 1.75 bits per heavy atom. The van der Waals surface area contributed by atoms with E-state index in [2.05, 4.69) is 10.8 Å². The molecule has 0 aromatic carbocycles. The first-order chi connectivity index (χ1) is 9.78. The summed E-state index contributed by atoms with van der Waals surface area (Å²) in [5.74, 6) is 6.11. The SMILES string of the molecule is NC1CCc2cnc(C3C4CC5CC(C4)CC3C5)n2C1. The lowest BCUT2D eigenvalue weighted by Crippen LogP contribution is -2.45. The molecule has 4 bridgehead atoms. The van der Waals surface area contributed by atoms with Gasteiger partial charge >= 0.3 is 0 Å². The largest absolute Gasteiger partial charge is 0.330 e. The summed E-state index contributed by atoms with van der Waals surface area (Å²) in [6.07, 6.45) is 11.8. The first-order valence-electron chi connectivity index (χ1n) is 8.58. The van der Waals surface area contributed by atoms with Crippen molar-refractivity contribution in [2.45, 2.75) is 63.5 Å². The summed E-state index contributed by atoms with van der Waals surface area (Å²) < 4.78 is 2.50.